The lowest BCUT2D eigenvalue weighted by molar-refractivity contribution is 0.0799. The molecule has 1 heterocycles. The van der Waals surface area contributed by atoms with Crippen molar-refractivity contribution in [2.45, 2.75) is 26.9 Å². The number of piperazine rings is 1. The van der Waals surface area contributed by atoms with E-state index >= 15 is 0 Å². The van der Waals surface area contributed by atoms with Crippen molar-refractivity contribution in [3.8, 4) is 0 Å². The SMILES string of the molecule is Cc1cc(C)c(C(O)CN2CCN(C)CC2)c(C)c1. The molecular weight excluding hydrogens is 236 g/mol. The molecule has 1 aromatic carbocycles. The first-order chi connectivity index (χ1) is 8.97. The Balaban J connectivity index is 2.06. The van der Waals surface area contributed by atoms with Gasteiger partial charge in [-0.1, -0.05) is 17.7 Å². The molecule has 0 radical (unpaired) electrons. The molecule has 0 spiro atoms. The average Bonchev–Trinajstić information content (AvgIpc) is 2.30. The minimum absolute atomic E-state index is 0.371. The molecule has 0 bridgehead atoms. The van der Waals surface area contributed by atoms with E-state index in [1.807, 2.05) is 0 Å². The topological polar surface area (TPSA) is 26.7 Å². The molecule has 0 aromatic heterocycles. The van der Waals surface area contributed by atoms with Crippen LogP contribution in [0, 0.1) is 20.8 Å². The molecule has 1 saturated heterocycles. The summed E-state index contributed by atoms with van der Waals surface area (Å²) in [5.74, 6) is 0. The Morgan fingerprint density at radius 2 is 1.58 bits per heavy atom. The molecule has 0 aliphatic carbocycles. The van der Waals surface area contributed by atoms with Crippen LogP contribution in [0.25, 0.3) is 0 Å². The number of aliphatic hydroxyl groups is 1. The van der Waals surface area contributed by atoms with Crippen molar-refractivity contribution in [1.82, 2.24) is 9.80 Å². The molecule has 1 atom stereocenters. The summed E-state index contributed by atoms with van der Waals surface area (Å²) >= 11 is 0. The summed E-state index contributed by atoms with van der Waals surface area (Å²) in [6, 6.07) is 4.32. The number of aliphatic hydroxyl groups excluding tert-OH is 1. The molecule has 1 aromatic rings. The van der Waals surface area contributed by atoms with E-state index in [1.165, 1.54) is 16.7 Å². The van der Waals surface area contributed by atoms with E-state index in [4.69, 9.17) is 0 Å². The zero-order valence-corrected chi connectivity index (χ0v) is 12.6. The van der Waals surface area contributed by atoms with E-state index in [2.05, 4.69) is 49.8 Å². The van der Waals surface area contributed by atoms with Gasteiger partial charge in [0.05, 0.1) is 6.10 Å². The molecule has 1 aliphatic rings. The molecule has 1 fully saturated rings. The molecule has 0 saturated carbocycles. The maximum Gasteiger partial charge on any atom is 0.0922 e. The summed E-state index contributed by atoms with van der Waals surface area (Å²) in [5.41, 5.74) is 4.80. The molecule has 2 rings (SSSR count). The fourth-order valence-electron chi connectivity index (χ4n) is 3.08. The van der Waals surface area contributed by atoms with Crippen molar-refractivity contribution in [3.63, 3.8) is 0 Å². The quantitative estimate of drug-likeness (QED) is 0.901. The second kappa shape index (κ2) is 6.04. The van der Waals surface area contributed by atoms with Crippen molar-refractivity contribution in [1.29, 1.82) is 0 Å². The molecule has 0 amide bonds. The Hall–Kier alpha value is -0.900. The van der Waals surface area contributed by atoms with Gasteiger partial charge in [-0.15, -0.1) is 0 Å². The average molecular weight is 262 g/mol. The first-order valence-electron chi connectivity index (χ1n) is 7.14. The van der Waals surface area contributed by atoms with Crippen LogP contribution in [-0.2, 0) is 0 Å². The smallest absolute Gasteiger partial charge is 0.0922 e. The van der Waals surface area contributed by atoms with Gasteiger partial charge in [0, 0.05) is 32.7 Å². The summed E-state index contributed by atoms with van der Waals surface area (Å²) in [6.45, 7) is 11.4. The molecule has 3 heteroatoms. The molecular formula is C16H26N2O. The maximum atomic E-state index is 10.5. The monoisotopic (exact) mass is 262 g/mol. The number of β-amino-alcohol motifs (C(OH)–C–C–N with tert-alkyl or cyclic N) is 1. The van der Waals surface area contributed by atoms with Crippen molar-refractivity contribution < 1.29 is 5.11 Å². The fourth-order valence-corrected chi connectivity index (χ4v) is 3.08. The lowest BCUT2D eigenvalue weighted by atomic mass is 9.95. The molecule has 1 N–H and O–H groups in total. The van der Waals surface area contributed by atoms with Gasteiger partial charge in [0.2, 0.25) is 0 Å². The third-order valence-corrected chi connectivity index (χ3v) is 4.10. The highest BCUT2D eigenvalue weighted by Crippen LogP contribution is 2.24. The van der Waals surface area contributed by atoms with Gasteiger partial charge >= 0.3 is 0 Å². The largest absolute Gasteiger partial charge is 0.387 e. The normalized spacial score (nSPS) is 19.6. The van der Waals surface area contributed by atoms with Crippen LogP contribution in [-0.4, -0.2) is 54.7 Å². The summed E-state index contributed by atoms with van der Waals surface area (Å²) in [5, 5.41) is 10.5. The lowest BCUT2D eigenvalue weighted by Crippen LogP contribution is -2.45. The number of hydrogen-bond donors (Lipinski definition) is 1. The first kappa shape index (κ1) is 14.5. The Kier molecular flexibility index (Phi) is 4.61. The molecule has 106 valence electrons. The molecule has 3 nitrogen and oxygen atoms in total. The highest BCUT2D eigenvalue weighted by atomic mass is 16.3. The highest BCUT2D eigenvalue weighted by Gasteiger charge is 2.20. The number of aryl methyl sites for hydroxylation is 3. The van der Waals surface area contributed by atoms with Crippen LogP contribution in [0.1, 0.15) is 28.4 Å². The van der Waals surface area contributed by atoms with Crippen LogP contribution in [0.2, 0.25) is 0 Å². The number of hydrogen-bond acceptors (Lipinski definition) is 3. The Morgan fingerprint density at radius 3 is 2.11 bits per heavy atom. The minimum Gasteiger partial charge on any atom is -0.387 e. The van der Waals surface area contributed by atoms with Gasteiger partial charge in [0.15, 0.2) is 0 Å². The van der Waals surface area contributed by atoms with Gasteiger partial charge in [-0.3, -0.25) is 4.90 Å². The van der Waals surface area contributed by atoms with E-state index in [9.17, 15) is 5.11 Å². The van der Waals surface area contributed by atoms with Gasteiger partial charge in [-0.25, -0.2) is 0 Å². The van der Waals surface area contributed by atoms with Crippen molar-refractivity contribution >= 4 is 0 Å². The Labute approximate surface area is 116 Å². The summed E-state index contributed by atoms with van der Waals surface area (Å²) in [6.07, 6.45) is -0.371. The summed E-state index contributed by atoms with van der Waals surface area (Å²) < 4.78 is 0. The van der Waals surface area contributed by atoms with Crippen LogP contribution in [0.5, 0.6) is 0 Å². The van der Waals surface area contributed by atoms with E-state index in [0.29, 0.717) is 0 Å². The summed E-state index contributed by atoms with van der Waals surface area (Å²) in [7, 11) is 2.15. The van der Waals surface area contributed by atoms with Crippen LogP contribution in [0.15, 0.2) is 12.1 Å². The summed E-state index contributed by atoms with van der Waals surface area (Å²) in [4.78, 5) is 4.70. The third-order valence-electron chi connectivity index (χ3n) is 4.10. The first-order valence-corrected chi connectivity index (χ1v) is 7.14. The lowest BCUT2D eigenvalue weighted by Gasteiger charge is -2.34. The van der Waals surface area contributed by atoms with Crippen molar-refractivity contribution in [2.75, 3.05) is 39.8 Å². The second-order valence-corrected chi connectivity index (χ2v) is 5.93. The Morgan fingerprint density at radius 1 is 1.05 bits per heavy atom. The van der Waals surface area contributed by atoms with E-state index in [1.54, 1.807) is 0 Å². The van der Waals surface area contributed by atoms with Gasteiger partial charge in [0.25, 0.3) is 0 Å². The van der Waals surface area contributed by atoms with Gasteiger partial charge < -0.3 is 10.0 Å². The zero-order chi connectivity index (χ0) is 14.0. The minimum atomic E-state index is -0.371. The van der Waals surface area contributed by atoms with Crippen LogP contribution in [0.3, 0.4) is 0 Å². The number of benzene rings is 1. The molecule has 19 heavy (non-hydrogen) atoms. The van der Waals surface area contributed by atoms with Crippen molar-refractivity contribution in [3.05, 3.63) is 34.4 Å². The van der Waals surface area contributed by atoms with Gasteiger partial charge in [-0.2, -0.15) is 0 Å². The number of likely N-dealkylation sites (N-methyl/N-ethyl adjacent to an activating group) is 1. The molecule has 1 aliphatic heterocycles. The predicted octanol–water partition coefficient (Wildman–Crippen LogP) is 1.89. The van der Waals surface area contributed by atoms with E-state index in [-0.39, 0.29) is 6.10 Å². The predicted molar refractivity (Wildman–Crippen MR) is 79.5 cm³/mol. The fraction of sp³-hybridized carbons (Fsp3) is 0.625. The third kappa shape index (κ3) is 3.56. The van der Waals surface area contributed by atoms with Crippen LogP contribution in [0.4, 0.5) is 0 Å². The maximum absolute atomic E-state index is 10.5. The van der Waals surface area contributed by atoms with Crippen LogP contribution < -0.4 is 0 Å². The number of nitrogens with zero attached hydrogens (tertiary/aromatic N) is 2. The van der Waals surface area contributed by atoms with Gasteiger partial charge in [-0.05, 0) is 44.5 Å². The van der Waals surface area contributed by atoms with E-state index < -0.39 is 0 Å². The highest BCUT2D eigenvalue weighted by molar-refractivity contribution is 5.39. The second-order valence-electron chi connectivity index (χ2n) is 5.93. The number of rotatable bonds is 3. The standard InChI is InChI=1S/C16H26N2O/c1-12-9-13(2)16(14(3)10-12)15(19)11-18-7-5-17(4)6-8-18/h9-10,15,19H,5-8,11H2,1-4H3. The molecule has 1 unspecified atom stereocenters. The van der Waals surface area contributed by atoms with Gasteiger partial charge in [0.1, 0.15) is 0 Å². The van der Waals surface area contributed by atoms with Crippen LogP contribution >= 0.6 is 0 Å². The Bertz CT molecular complexity index is 413. The van der Waals surface area contributed by atoms with E-state index in [0.717, 1.165) is 38.3 Å². The zero-order valence-electron chi connectivity index (χ0n) is 12.6. The van der Waals surface area contributed by atoms with Crippen molar-refractivity contribution in [2.24, 2.45) is 0 Å².